The number of anilines is 2. The highest BCUT2D eigenvalue weighted by molar-refractivity contribution is 6.76. The molecule has 0 spiro atoms. The van der Waals surface area contributed by atoms with Gasteiger partial charge in [-0.2, -0.15) is 0 Å². The van der Waals surface area contributed by atoms with Crippen LogP contribution in [0.3, 0.4) is 0 Å². The topological polar surface area (TPSA) is 81.5 Å². The Balaban J connectivity index is 1.23. The molecule has 0 fully saturated rings. The summed E-state index contributed by atoms with van der Waals surface area (Å²) >= 11 is 0. The third-order valence-electron chi connectivity index (χ3n) is 7.42. The van der Waals surface area contributed by atoms with Crippen molar-refractivity contribution in [2.45, 2.75) is 58.2 Å². The summed E-state index contributed by atoms with van der Waals surface area (Å²) in [6.45, 7) is 10.0. The summed E-state index contributed by atoms with van der Waals surface area (Å²) in [5.41, 5.74) is 5.58. The molecule has 0 aliphatic carbocycles. The smallest absolute Gasteiger partial charge is 0.225 e. The van der Waals surface area contributed by atoms with Crippen molar-refractivity contribution in [1.82, 2.24) is 14.5 Å². The first-order valence-electron chi connectivity index (χ1n) is 13.7. The first-order valence-corrected chi connectivity index (χ1v) is 17.4. The minimum absolute atomic E-state index is 0.00602. The van der Waals surface area contributed by atoms with Crippen molar-refractivity contribution >= 4 is 36.8 Å². The Bertz CT molecular complexity index is 1530. The van der Waals surface area contributed by atoms with Gasteiger partial charge in [-0.1, -0.05) is 37.8 Å². The second kappa shape index (κ2) is 10.5. The molecule has 1 N–H and O–H groups in total. The average Bonchev–Trinajstić information content (AvgIpc) is 3.29. The molecular formula is C30H35N5O3Si. The van der Waals surface area contributed by atoms with Gasteiger partial charge in [-0.15, -0.1) is 0 Å². The van der Waals surface area contributed by atoms with Crippen molar-refractivity contribution in [3.8, 4) is 11.5 Å². The first kappa shape index (κ1) is 25.6. The quantitative estimate of drug-likeness (QED) is 0.218. The molecule has 2 aliphatic rings. The van der Waals surface area contributed by atoms with Crippen molar-refractivity contribution in [3.63, 3.8) is 0 Å². The molecule has 202 valence electrons. The van der Waals surface area contributed by atoms with E-state index in [1.807, 2.05) is 18.2 Å². The van der Waals surface area contributed by atoms with E-state index in [0.29, 0.717) is 25.4 Å². The molecule has 9 heteroatoms. The number of pyridine rings is 1. The first-order chi connectivity index (χ1) is 18.8. The maximum Gasteiger partial charge on any atom is 0.225 e. The lowest BCUT2D eigenvalue weighted by Crippen LogP contribution is -2.33. The Hall–Kier alpha value is -3.69. The summed E-state index contributed by atoms with van der Waals surface area (Å²) in [5, 5.41) is 2.85. The van der Waals surface area contributed by atoms with Gasteiger partial charge in [-0.3, -0.25) is 9.36 Å². The normalized spacial score (nSPS) is 15.2. The molecule has 2 aromatic carbocycles. The van der Waals surface area contributed by atoms with Crippen LogP contribution in [0.5, 0.6) is 11.5 Å². The molecule has 6 rings (SSSR count). The number of ether oxygens (including phenoxy) is 2. The summed E-state index contributed by atoms with van der Waals surface area (Å²) in [4.78, 5) is 23.5. The lowest BCUT2D eigenvalue weighted by molar-refractivity contribution is -0.116. The fourth-order valence-electron chi connectivity index (χ4n) is 5.21. The number of carbonyl (C=O) groups excluding carboxylic acids is 1. The molecule has 8 nitrogen and oxygen atoms in total. The third kappa shape index (κ3) is 5.55. The average molecular weight is 542 g/mol. The summed E-state index contributed by atoms with van der Waals surface area (Å²) in [5.74, 6) is 3.06. The number of nitrogens with one attached hydrogen (secondary N) is 1. The van der Waals surface area contributed by atoms with Gasteiger partial charge in [-0.05, 0) is 60.3 Å². The number of rotatable bonds is 8. The zero-order valence-electron chi connectivity index (χ0n) is 22.9. The van der Waals surface area contributed by atoms with Gasteiger partial charge < -0.3 is 19.7 Å². The van der Waals surface area contributed by atoms with E-state index in [1.165, 1.54) is 11.1 Å². The number of amides is 1. The van der Waals surface area contributed by atoms with Crippen LogP contribution in [-0.4, -0.2) is 41.7 Å². The lowest BCUT2D eigenvalue weighted by Gasteiger charge is -2.30. The highest BCUT2D eigenvalue weighted by Gasteiger charge is 2.24. The van der Waals surface area contributed by atoms with Crippen LogP contribution >= 0.6 is 0 Å². The van der Waals surface area contributed by atoms with E-state index in [0.717, 1.165) is 66.2 Å². The van der Waals surface area contributed by atoms with Crippen LogP contribution in [0.4, 0.5) is 11.8 Å². The maximum atomic E-state index is 11.8. The zero-order valence-corrected chi connectivity index (χ0v) is 23.9. The number of nitrogens with zero attached hydrogens (tertiary/aromatic N) is 4. The molecule has 39 heavy (non-hydrogen) atoms. The number of fused-ring (bicyclic) bond motifs is 3. The van der Waals surface area contributed by atoms with Gasteiger partial charge in [0.2, 0.25) is 11.9 Å². The van der Waals surface area contributed by atoms with Gasteiger partial charge in [0.25, 0.3) is 0 Å². The lowest BCUT2D eigenvalue weighted by atomic mass is 9.99. The number of carbonyl (C=O) groups is 1. The molecular weight excluding hydrogens is 506 g/mol. The van der Waals surface area contributed by atoms with Crippen molar-refractivity contribution in [2.24, 2.45) is 0 Å². The van der Waals surface area contributed by atoms with E-state index in [-0.39, 0.29) is 5.91 Å². The summed E-state index contributed by atoms with van der Waals surface area (Å²) in [6.07, 6.45) is 3.68. The van der Waals surface area contributed by atoms with E-state index in [9.17, 15) is 4.79 Å². The van der Waals surface area contributed by atoms with Crippen LogP contribution in [0.15, 0.2) is 54.7 Å². The van der Waals surface area contributed by atoms with Gasteiger partial charge in [0.05, 0.1) is 11.0 Å². The van der Waals surface area contributed by atoms with Gasteiger partial charge in [0, 0.05) is 46.0 Å². The minimum Gasteiger partial charge on any atom is -0.457 e. The van der Waals surface area contributed by atoms with Crippen molar-refractivity contribution < 1.29 is 14.3 Å². The van der Waals surface area contributed by atoms with Crippen molar-refractivity contribution in [3.05, 3.63) is 71.4 Å². The molecule has 1 amide bonds. The van der Waals surface area contributed by atoms with E-state index in [4.69, 9.17) is 14.5 Å². The Labute approximate surface area is 230 Å². The molecule has 0 radical (unpaired) electrons. The number of para-hydroxylation sites is 2. The Morgan fingerprint density at radius 1 is 1.03 bits per heavy atom. The summed E-state index contributed by atoms with van der Waals surface area (Å²) in [6, 6.07) is 17.6. The molecule has 4 heterocycles. The molecule has 0 saturated heterocycles. The van der Waals surface area contributed by atoms with E-state index in [2.05, 4.69) is 69.7 Å². The minimum atomic E-state index is -1.16. The molecule has 0 bridgehead atoms. The Morgan fingerprint density at radius 2 is 1.90 bits per heavy atom. The molecule has 0 saturated carbocycles. The highest BCUT2D eigenvalue weighted by Crippen LogP contribution is 2.35. The molecule has 0 unspecified atom stereocenters. The van der Waals surface area contributed by atoms with E-state index in [1.54, 1.807) is 6.20 Å². The van der Waals surface area contributed by atoms with Gasteiger partial charge in [-0.25, -0.2) is 9.97 Å². The second-order valence-corrected chi connectivity index (χ2v) is 17.2. The van der Waals surface area contributed by atoms with Crippen LogP contribution in [0.1, 0.15) is 23.1 Å². The van der Waals surface area contributed by atoms with Crippen molar-refractivity contribution in [2.75, 3.05) is 23.4 Å². The van der Waals surface area contributed by atoms with Crippen LogP contribution in [-0.2, 0) is 35.6 Å². The Kier molecular flexibility index (Phi) is 6.86. The van der Waals surface area contributed by atoms with Crippen LogP contribution < -0.4 is 15.0 Å². The van der Waals surface area contributed by atoms with Crippen LogP contribution in [0, 0.1) is 0 Å². The molecule has 2 aliphatic heterocycles. The van der Waals surface area contributed by atoms with E-state index >= 15 is 0 Å². The third-order valence-corrected chi connectivity index (χ3v) is 9.13. The van der Waals surface area contributed by atoms with Gasteiger partial charge in [0.15, 0.2) is 0 Å². The predicted octanol–water partition coefficient (Wildman–Crippen LogP) is 5.98. The molecule has 4 aromatic rings. The van der Waals surface area contributed by atoms with Crippen LogP contribution in [0.25, 0.3) is 11.0 Å². The van der Waals surface area contributed by atoms with Crippen molar-refractivity contribution in [1.29, 1.82) is 0 Å². The number of imidazole rings is 1. The number of aromatic nitrogens is 3. The SMILES string of the molecule is C[Si](C)(C)CCOCn1c(N2CCc3ccc(Oc4ccnc5c4CCC(=O)N5)cc3C2)nc2ccccc21. The number of hydrogen-bond donors (Lipinski definition) is 1. The predicted molar refractivity (Wildman–Crippen MR) is 156 cm³/mol. The number of hydrogen-bond acceptors (Lipinski definition) is 6. The Morgan fingerprint density at radius 3 is 2.77 bits per heavy atom. The number of benzene rings is 2. The maximum absolute atomic E-state index is 11.8. The largest absolute Gasteiger partial charge is 0.457 e. The monoisotopic (exact) mass is 541 g/mol. The fraction of sp³-hybridized carbons (Fsp3) is 0.367. The van der Waals surface area contributed by atoms with Gasteiger partial charge >= 0.3 is 0 Å². The summed E-state index contributed by atoms with van der Waals surface area (Å²) in [7, 11) is -1.16. The summed E-state index contributed by atoms with van der Waals surface area (Å²) < 4.78 is 14.7. The van der Waals surface area contributed by atoms with Crippen LogP contribution in [0.2, 0.25) is 25.7 Å². The van der Waals surface area contributed by atoms with E-state index < -0.39 is 8.07 Å². The molecule has 0 atom stereocenters. The highest BCUT2D eigenvalue weighted by atomic mass is 28.3. The zero-order chi connectivity index (χ0) is 27.0. The standard InChI is InChI=1S/C30H35N5O3Si/c1-39(2,3)17-16-37-20-35-26-7-5-4-6-25(26)32-30(35)34-15-13-21-8-9-23(18-22(21)19-34)38-27-12-14-31-29-24(27)10-11-28(36)33-29/h4-9,12,14,18H,10-11,13,15-17,19-20H2,1-3H3,(H,31,33,36). The van der Waals surface area contributed by atoms with Gasteiger partial charge in [0.1, 0.15) is 24.0 Å². The molecule has 2 aromatic heterocycles. The second-order valence-electron chi connectivity index (χ2n) is 11.6. The fourth-order valence-corrected chi connectivity index (χ4v) is 5.97.